The van der Waals surface area contributed by atoms with Crippen molar-refractivity contribution >= 4 is 0 Å². The van der Waals surface area contributed by atoms with Crippen molar-refractivity contribution in [2.45, 2.75) is 64.2 Å². The van der Waals surface area contributed by atoms with Gasteiger partial charge < -0.3 is 9.84 Å². The van der Waals surface area contributed by atoms with Gasteiger partial charge in [-0.15, -0.1) is 0 Å². The first kappa shape index (κ1) is 13.3. The van der Waals surface area contributed by atoms with Crippen LogP contribution in [0, 0.1) is 5.92 Å². The third-order valence-electron chi connectivity index (χ3n) is 4.32. The van der Waals surface area contributed by atoms with Gasteiger partial charge in [0.1, 0.15) is 0 Å². The molecule has 4 unspecified atom stereocenters. The smallest absolute Gasteiger partial charge is 0.0702 e. The maximum Gasteiger partial charge on any atom is 0.0702 e. The Hall–Kier alpha value is -0.120. The summed E-state index contributed by atoms with van der Waals surface area (Å²) in [4.78, 5) is 2.48. The van der Waals surface area contributed by atoms with Gasteiger partial charge in [-0.1, -0.05) is 6.92 Å². The van der Waals surface area contributed by atoms with Crippen LogP contribution in [0.5, 0.6) is 0 Å². The van der Waals surface area contributed by atoms with Gasteiger partial charge in [0.15, 0.2) is 0 Å². The average Bonchev–Trinajstić information content (AvgIpc) is 2.33. The lowest BCUT2D eigenvalue weighted by Crippen LogP contribution is -2.52. The highest BCUT2D eigenvalue weighted by Gasteiger charge is 2.34. The molecule has 1 heterocycles. The third kappa shape index (κ3) is 3.43. The maximum absolute atomic E-state index is 10.2. The number of aliphatic hydroxyl groups excluding tert-OH is 1. The largest absolute Gasteiger partial charge is 0.391 e. The van der Waals surface area contributed by atoms with E-state index < -0.39 is 0 Å². The van der Waals surface area contributed by atoms with E-state index in [9.17, 15) is 5.11 Å². The molecular weight excluding hydrogens is 214 g/mol. The van der Waals surface area contributed by atoms with Gasteiger partial charge in [-0.25, -0.2) is 0 Å². The fraction of sp³-hybridized carbons (Fsp3) is 1.00. The second-order valence-corrected chi connectivity index (χ2v) is 5.77. The van der Waals surface area contributed by atoms with Crippen LogP contribution in [0.15, 0.2) is 0 Å². The highest BCUT2D eigenvalue weighted by atomic mass is 16.5. The van der Waals surface area contributed by atoms with Crippen molar-refractivity contribution in [1.82, 2.24) is 4.90 Å². The van der Waals surface area contributed by atoms with Crippen LogP contribution in [0.4, 0.5) is 0 Å². The van der Waals surface area contributed by atoms with E-state index in [-0.39, 0.29) is 6.10 Å². The molecule has 1 aliphatic carbocycles. The molecule has 0 aromatic heterocycles. The molecule has 4 atom stereocenters. The summed E-state index contributed by atoms with van der Waals surface area (Å²) >= 11 is 0. The Labute approximate surface area is 105 Å². The van der Waals surface area contributed by atoms with Gasteiger partial charge in [0, 0.05) is 19.2 Å². The molecule has 0 bridgehead atoms. The Morgan fingerprint density at radius 3 is 2.88 bits per heavy atom. The molecular formula is C14H27NO2. The lowest BCUT2D eigenvalue weighted by molar-refractivity contribution is -0.0498. The van der Waals surface area contributed by atoms with Crippen molar-refractivity contribution in [3.05, 3.63) is 0 Å². The van der Waals surface area contributed by atoms with Crippen LogP contribution in [0.2, 0.25) is 0 Å². The van der Waals surface area contributed by atoms with Gasteiger partial charge in [0.25, 0.3) is 0 Å². The molecule has 0 amide bonds. The summed E-state index contributed by atoms with van der Waals surface area (Å²) in [6.45, 7) is 7.34. The van der Waals surface area contributed by atoms with E-state index in [1.165, 1.54) is 19.3 Å². The van der Waals surface area contributed by atoms with Crippen molar-refractivity contribution in [1.29, 1.82) is 0 Å². The predicted molar refractivity (Wildman–Crippen MR) is 69.0 cm³/mol. The summed E-state index contributed by atoms with van der Waals surface area (Å²) in [5, 5.41) is 10.2. The number of aliphatic hydroxyl groups is 1. The van der Waals surface area contributed by atoms with Gasteiger partial charge in [0.05, 0.1) is 12.2 Å². The SMILES string of the molecule is CCOC1CCCN(C2CC(C)CCC2O)C1. The van der Waals surface area contributed by atoms with Gasteiger partial charge in [-0.2, -0.15) is 0 Å². The minimum Gasteiger partial charge on any atom is -0.391 e. The molecule has 3 nitrogen and oxygen atoms in total. The number of hydrogen-bond acceptors (Lipinski definition) is 3. The summed E-state index contributed by atoms with van der Waals surface area (Å²) in [7, 11) is 0. The minimum atomic E-state index is -0.119. The molecule has 2 aliphatic rings. The predicted octanol–water partition coefficient (Wildman–Crippen LogP) is 2.04. The molecule has 17 heavy (non-hydrogen) atoms. The summed E-state index contributed by atoms with van der Waals surface area (Å²) in [6.07, 6.45) is 5.97. The minimum absolute atomic E-state index is 0.119. The molecule has 2 rings (SSSR count). The van der Waals surface area contributed by atoms with Crippen molar-refractivity contribution in [3.63, 3.8) is 0 Å². The van der Waals surface area contributed by atoms with E-state index in [4.69, 9.17) is 4.74 Å². The molecule has 3 heteroatoms. The van der Waals surface area contributed by atoms with Gasteiger partial charge >= 0.3 is 0 Å². The molecule has 1 aliphatic heterocycles. The molecule has 2 fully saturated rings. The Balaban J connectivity index is 1.91. The summed E-state index contributed by atoms with van der Waals surface area (Å²) in [6, 6.07) is 0.377. The Kier molecular flexibility index (Phi) is 4.83. The number of ether oxygens (including phenoxy) is 1. The first-order valence-corrected chi connectivity index (χ1v) is 7.24. The molecule has 1 saturated heterocycles. The Morgan fingerprint density at radius 1 is 1.29 bits per heavy atom. The molecule has 1 saturated carbocycles. The zero-order valence-corrected chi connectivity index (χ0v) is 11.3. The molecule has 0 aromatic carbocycles. The number of likely N-dealkylation sites (tertiary alicyclic amines) is 1. The summed E-state index contributed by atoms with van der Waals surface area (Å²) in [5.41, 5.74) is 0. The highest BCUT2D eigenvalue weighted by Crippen LogP contribution is 2.29. The number of nitrogens with zero attached hydrogens (tertiary/aromatic N) is 1. The lowest BCUT2D eigenvalue weighted by Gasteiger charge is -2.43. The lowest BCUT2D eigenvalue weighted by atomic mass is 9.83. The normalized spacial score (nSPS) is 40.4. The molecule has 0 aromatic rings. The second-order valence-electron chi connectivity index (χ2n) is 5.77. The van der Waals surface area contributed by atoms with Crippen LogP contribution >= 0.6 is 0 Å². The third-order valence-corrected chi connectivity index (χ3v) is 4.32. The first-order valence-electron chi connectivity index (χ1n) is 7.24. The van der Waals surface area contributed by atoms with Crippen LogP contribution < -0.4 is 0 Å². The van der Waals surface area contributed by atoms with Crippen LogP contribution in [-0.4, -0.2) is 48.0 Å². The fourth-order valence-electron chi connectivity index (χ4n) is 3.37. The number of hydrogen-bond donors (Lipinski definition) is 1. The maximum atomic E-state index is 10.2. The zero-order valence-electron chi connectivity index (χ0n) is 11.3. The Morgan fingerprint density at radius 2 is 2.12 bits per heavy atom. The van der Waals surface area contributed by atoms with Crippen molar-refractivity contribution in [2.24, 2.45) is 5.92 Å². The Bertz CT molecular complexity index is 232. The van der Waals surface area contributed by atoms with E-state index in [1.54, 1.807) is 0 Å². The summed E-state index contributed by atoms with van der Waals surface area (Å²) in [5.74, 6) is 0.760. The number of rotatable bonds is 3. The van der Waals surface area contributed by atoms with Crippen molar-refractivity contribution in [3.8, 4) is 0 Å². The van der Waals surface area contributed by atoms with E-state index in [1.807, 2.05) is 0 Å². The molecule has 0 radical (unpaired) electrons. The zero-order chi connectivity index (χ0) is 12.3. The fourth-order valence-corrected chi connectivity index (χ4v) is 3.37. The van der Waals surface area contributed by atoms with Crippen LogP contribution in [0.1, 0.15) is 46.0 Å². The van der Waals surface area contributed by atoms with Crippen molar-refractivity contribution < 1.29 is 9.84 Å². The first-order chi connectivity index (χ1) is 8.20. The summed E-state index contributed by atoms with van der Waals surface area (Å²) < 4.78 is 5.74. The van der Waals surface area contributed by atoms with Crippen LogP contribution in [0.3, 0.4) is 0 Å². The number of piperidine rings is 1. The van der Waals surface area contributed by atoms with E-state index >= 15 is 0 Å². The van der Waals surface area contributed by atoms with Gasteiger partial charge in [0.2, 0.25) is 0 Å². The van der Waals surface area contributed by atoms with Gasteiger partial charge in [-0.3, -0.25) is 4.90 Å². The second kappa shape index (κ2) is 6.17. The molecule has 0 spiro atoms. The van der Waals surface area contributed by atoms with Crippen LogP contribution in [0.25, 0.3) is 0 Å². The van der Waals surface area contributed by atoms with Gasteiger partial charge in [-0.05, 0) is 51.5 Å². The average molecular weight is 241 g/mol. The molecule has 1 N–H and O–H groups in total. The van der Waals surface area contributed by atoms with E-state index in [2.05, 4.69) is 18.7 Å². The monoisotopic (exact) mass is 241 g/mol. The quantitative estimate of drug-likeness (QED) is 0.820. The topological polar surface area (TPSA) is 32.7 Å². The highest BCUT2D eigenvalue weighted by molar-refractivity contribution is 4.88. The van der Waals surface area contributed by atoms with E-state index in [0.717, 1.165) is 38.5 Å². The van der Waals surface area contributed by atoms with Crippen molar-refractivity contribution in [2.75, 3.05) is 19.7 Å². The standard InChI is InChI=1S/C14H27NO2/c1-3-17-12-5-4-8-15(10-12)13-9-11(2)6-7-14(13)16/h11-14,16H,3-10H2,1-2H3. The van der Waals surface area contributed by atoms with Crippen LogP contribution in [-0.2, 0) is 4.74 Å². The van der Waals surface area contributed by atoms with E-state index in [0.29, 0.717) is 12.1 Å². The molecule has 100 valence electrons.